The highest BCUT2D eigenvalue weighted by atomic mass is 14.6. The molecule has 16 heavy (non-hydrogen) atoms. The highest BCUT2D eigenvalue weighted by Gasteiger charge is 2.12. The molecular formula is C15H21N. The summed E-state index contributed by atoms with van der Waals surface area (Å²) in [6, 6.07) is 11.0. The maximum absolute atomic E-state index is 6.09. The molecular weight excluding hydrogens is 194 g/mol. The lowest BCUT2D eigenvalue weighted by Gasteiger charge is -2.20. The first kappa shape index (κ1) is 11.4. The number of hydrogen-bond acceptors (Lipinski definition) is 1. The highest BCUT2D eigenvalue weighted by Crippen LogP contribution is 2.21. The number of nitrogens with two attached hydrogens (primary N) is 1. The average Bonchev–Trinajstić information content (AvgIpc) is 2.33. The van der Waals surface area contributed by atoms with Crippen LogP contribution in [0.15, 0.2) is 42.0 Å². The molecule has 0 aromatic heterocycles. The van der Waals surface area contributed by atoms with E-state index in [9.17, 15) is 0 Å². The van der Waals surface area contributed by atoms with E-state index in [0.29, 0.717) is 6.04 Å². The van der Waals surface area contributed by atoms with Gasteiger partial charge in [0.05, 0.1) is 0 Å². The van der Waals surface area contributed by atoms with Gasteiger partial charge in [0.15, 0.2) is 0 Å². The number of hydrogen-bond donors (Lipinski definition) is 1. The lowest BCUT2D eigenvalue weighted by atomic mass is 9.91. The second-order valence-corrected chi connectivity index (χ2v) is 4.66. The Hall–Kier alpha value is -1.08. The van der Waals surface area contributed by atoms with Gasteiger partial charge in [0.25, 0.3) is 0 Å². The first-order valence-electron chi connectivity index (χ1n) is 6.34. The number of allylic oxidation sites excluding steroid dienone is 1. The van der Waals surface area contributed by atoms with Crippen molar-refractivity contribution in [2.24, 2.45) is 5.73 Å². The highest BCUT2D eigenvalue weighted by molar-refractivity contribution is 5.16. The molecule has 1 unspecified atom stereocenters. The molecule has 0 amide bonds. The van der Waals surface area contributed by atoms with Gasteiger partial charge in [0.1, 0.15) is 0 Å². The molecule has 0 saturated heterocycles. The molecule has 0 aliphatic heterocycles. The Balaban J connectivity index is 1.78. The van der Waals surface area contributed by atoms with Crippen molar-refractivity contribution in [3.63, 3.8) is 0 Å². The van der Waals surface area contributed by atoms with E-state index >= 15 is 0 Å². The lowest BCUT2D eigenvalue weighted by Crippen LogP contribution is -2.24. The first-order chi connectivity index (χ1) is 7.86. The van der Waals surface area contributed by atoms with Gasteiger partial charge < -0.3 is 5.73 Å². The van der Waals surface area contributed by atoms with Gasteiger partial charge in [-0.3, -0.25) is 0 Å². The average molecular weight is 215 g/mol. The van der Waals surface area contributed by atoms with Crippen molar-refractivity contribution >= 4 is 0 Å². The number of benzene rings is 1. The maximum Gasteiger partial charge on any atom is 0.0253 e. The third kappa shape index (κ3) is 3.21. The van der Waals surface area contributed by atoms with E-state index in [2.05, 4.69) is 36.4 Å². The summed E-state index contributed by atoms with van der Waals surface area (Å²) in [5, 5.41) is 0. The van der Waals surface area contributed by atoms with Gasteiger partial charge in [-0.15, -0.1) is 0 Å². The summed E-state index contributed by atoms with van der Waals surface area (Å²) < 4.78 is 0. The molecule has 0 fully saturated rings. The molecule has 1 aliphatic rings. The summed E-state index contributed by atoms with van der Waals surface area (Å²) in [6.45, 7) is 0. The summed E-state index contributed by atoms with van der Waals surface area (Å²) in [6.07, 6.45) is 9.61. The topological polar surface area (TPSA) is 26.0 Å². The molecule has 2 rings (SSSR count). The quantitative estimate of drug-likeness (QED) is 0.765. The van der Waals surface area contributed by atoms with Crippen LogP contribution >= 0.6 is 0 Å². The Morgan fingerprint density at radius 1 is 1.12 bits per heavy atom. The van der Waals surface area contributed by atoms with Gasteiger partial charge in [-0.25, -0.2) is 0 Å². The minimum Gasteiger partial charge on any atom is -0.324 e. The fourth-order valence-electron chi connectivity index (χ4n) is 2.39. The Kier molecular flexibility index (Phi) is 4.17. The van der Waals surface area contributed by atoms with Crippen molar-refractivity contribution in [1.29, 1.82) is 0 Å². The molecule has 1 aliphatic carbocycles. The van der Waals surface area contributed by atoms with Gasteiger partial charge in [0, 0.05) is 6.04 Å². The molecule has 0 heterocycles. The minimum absolute atomic E-state index is 0.338. The van der Waals surface area contributed by atoms with Crippen LogP contribution in [-0.4, -0.2) is 6.04 Å². The predicted molar refractivity (Wildman–Crippen MR) is 69.3 cm³/mol. The molecule has 1 aromatic carbocycles. The molecule has 2 N–H and O–H groups in total. The lowest BCUT2D eigenvalue weighted by molar-refractivity contribution is 0.584. The summed E-state index contributed by atoms with van der Waals surface area (Å²) in [4.78, 5) is 0. The van der Waals surface area contributed by atoms with Gasteiger partial charge >= 0.3 is 0 Å². The summed E-state index contributed by atoms with van der Waals surface area (Å²) in [5.41, 5.74) is 9.02. The molecule has 0 radical (unpaired) electrons. The molecule has 86 valence electrons. The fourth-order valence-corrected chi connectivity index (χ4v) is 2.39. The van der Waals surface area contributed by atoms with E-state index in [0.717, 1.165) is 0 Å². The Bertz CT molecular complexity index is 340. The first-order valence-corrected chi connectivity index (χ1v) is 6.34. The summed E-state index contributed by atoms with van der Waals surface area (Å²) >= 11 is 0. The number of aryl methyl sites for hydroxylation is 1. The molecule has 0 spiro atoms. The van der Waals surface area contributed by atoms with Crippen LogP contribution in [0.1, 0.15) is 37.7 Å². The fraction of sp³-hybridized carbons (Fsp3) is 0.467. The zero-order valence-electron chi connectivity index (χ0n) is 9.86. The van der Waals surface area contributed by atoms with Crippen molar-refractivity contribution in [3.8, 4) is 0 Å². The van der Waals surface area contributed by atoms with Crippen molar-refractivity contribution in [2.45, 2.75) is 44.6 Å². The molecule has 1 nitrogen and oxygen atoms in total. The van der Waals surface area contributed by atoms with Crippen molar-refractivity contribution in [3.05, 3.63) is 47.5 Å². The Labute approximate surface area is 98.4 Å². The summed E-state index contributed by atoms with van der Waals surface area (Å²) in [7, 11) is 0. The summed E-state index contributed by atoms with van der Waals surface area (Å²) in [5.74, 6) is 0. The monoisotopic (exact) mass is 215 g/mol. The van der Waals surface area contributed by atoms with E-state index in [1.807, 2.05) is 0 Å². The molecule has 1 heteroatoms. The van der Waals surface area contributed by atoms with E-state index in [4.69, 9.17) is 5.73 Å². The van der Waals surface area contributed by atoms with Crippen LogP contribution in [0.3, 0.4) is 0 Å². The second kappa shape index (κ2) is 5.86. The largest absolute Gasteiger partial charge is 0.324 e. The normalized spacial score (nSPS) is 20.6. The van der Waals surface area contributed by atoms with Crippen molar-refractivity contribution < 1.29 is 0 Å². The molecule has 0 bridgehead atoms. The van der Waals surface area contributed by atoms with Crippen LogP contribution in [0.5, 0.6) is 0 Å². The van der Waals surface area contributed by atoms with Crippen LogP contribution < -0.4 is 5.73 Å². The number of rotatable bonds is 4. The van der Waals surface area contributed by atoms with E-state index in [1.54, 1.807) is 0 Å². The zero-order valence-corrected chi connectivity index (χ0v) is 9.86. The second-order valence-electron chi connectivity index (χ2n) is 4.66. The van der Waals surface area contributed by atoms with Crippen LogP contribution in [0.4, 0.5) is 0 Å². The Morgan fingerprint density at radius 3 is 2.69 bits per heavy atom. The van der Waals surface area contributed by atoms with Crippen LogP contribution in [-0.2, 0) is 6.42 Å². The van der Waals surface area contributed by atoms with E-state index in [-0.39, 0.29) is 0 Å². The maximum atomic E-state index is 6.09. The van der Waals surface area contributed by atoms with Crippen LogP contribution in [0.2, 0.25) is 0 Å². The van der Waals surface area contributed by atoms with E-state index < -0.39 is 0 Å². The smallest absolute Gasteiger partial charge is 0.0253 e. The third-order valence-corrected chi connectivity index (χ3v) is 3.38. The van der Waals surface area contributed by atoms with Gasteiger partial charge in [-0.1, -0.05) is 42.0 Å². The van der Waals surface area contributed by atoms with Crippen LogP contribution in [0.25, 0.3) is 0 Å². The van der Waals surface area contributed by atoms with Gasteiger partial charge in [-0.05, 0) is 44.1 Å². The van der Waals surface area contributed by atoms with Crippen molar-refractivity contribution in [1.82, 2.24) is 0 Å². The third-order valence-electron chi connectivity index (χ3n) is 3.38. The van der Waals surface area contributed by atoms with E-state index in [1.165, 1.54) is 49.7 Å². The van der Waals surface area contributed by atoms with Gasteiger partial charge in [0.2, 0.25) is 0 Å². The van der Waals surface area contributed by atoms with Crippen molar-refractivity contribution in [2.75, 3.05) is 0 Å². The molecule has 1 atom stereocenters. The van der Waals surface area contributed by atoms with Crippen LogP contribution in [0, 0.1) is 0 Å². The predicted octanol–water partition coefficient (Wildman–Crippen LogP) is 3.45. The standard InChI is InChI=1S/C15H21N/c16-15-12-5-4-10-14(15)11-6-9-13-7-2-1-3-8-13/h1-3,7-8,10,15H,4-6,9,11-12,16H2. The molecule has 1 aromatic rings. The molecule has 0 saturated carbocycles. The van der Waals surface area contributed by atoms with Gasteiger partial charge in [-0.2, -0.15) is 0 Å². The zero-order chi connectivity index (χ0) is 11.2. The SMILES string of the molecule is NC1CCCC=C1CCCc1ccccc1. The Morgan fingerprint density at radius 2 is 1.94 bits per heavy atom. The minimum atomic E-state index is 0.338.